The summed E-state index contributed by atoms with van der Waals surface area (Å²) in [5.74, 6) is 0.219. The molecule has 1 rings (SSSR count). The van der Waals surface area contributed by atoms with E-state index in [1.54, 1.807) is 21.0 Å². The lowest BCUT2D eigenvalue weighted by atomic mass is 10.2. The Balaban J connectivity index is 3.57. The van der Waals surface area contributed by atoms with E-state index in [1.807, 2.05) is 0 Å². The summed E-state index contributed by atoms with van der Waals surface area (Å²) in [5.41, 5.74) is 0.130. The summed E-state index contributed by atoms with van der Waals surface area (Å²) in [4.78, 5) is 13.2. The number of amides is 1. The van der Waals surface area contributed by atoms with Crippen molar-refractivity contribution in [2.45, 2.75) is 18.7 Å². The van der Waals surface area contributed by atoms with Crippen LogP contribution >= 0.6 is 0 Å². The van der Waals surface area contributed by atoms with Gasteiger partial charge in [0.15, 0.2) is 9.84 Å². The molecule has 6 heteroatoms. The predicted molar refractivity (Wildman–Crippen MR) is 59.3 cm³/mol. The van der Waals surface area contributed by atoms with Crippen LogP contribution in [0.4, 0.5) is 0 Å². The van der Waals surface area contributed by atoms with E-state index in [1.165, 1.54) is 11.8 Å². The summed E-state index contributed by atoms with van der Waals surface area (Å²) in [7, 11) is -0.332. The highest BCUT2D eigenvalue weighted by Gasteiger charge is 2.28. The van der Waals surface area contributed by atoms with Crippen LogP contribution in [0, 0.1) is 13.8 Å². The Morgan fingerprint density at radius 2 is 1.69 bits per heavy atom. The highest BCUT2D eigenvalue weighted by molar-refractivity contribution is 7.90. The van der Waals surface area contributed by atoms with Gasteiger partial charge in [0, 0.05) is 20.4 Å². The van der Waals surface area contributed by atoms with Crippen molar-refractivity contribution in [1.82, 2.24) is 4.90 Å². The van der Waals surface area contributed by atoms with Crippen LogP contribution in [-0.2, 0) is 9.84 Å². The molecule has 0 atom stereocenters. The van der Waals surface area contributed by atoms with E-state index in [0.29, 0.717) is 5.76 Å². The fraction of sp³-hybridized carbons (Fsp3) is 0.500. The number of hydrogen-bond acceptors (Lipinski definition) is 4. The Kier molecular flexibility index (Phi) is 3.14. The molecule has 0 bridgehead atoms. The minimum Gasteiger partial charge on any atom is -0.464 e. The van der Waals surface area contributed by atoms with Gasteiger partial charge >= 0.3 is 0 Å². The van der Waals surface area contributed by atoms with Gasteiger partial charge < -0.3 is 9.32 Å². The molecule has 0 saturated heterocycles. The maximum Gasteiger partial charge on any atom is 0.258 e. The van der Waals surface area contributed by atoms with Crippen molar-refractivity contribution >= 4 is 15.7 Å². The van der Waals surface area contributed by atoms with Crippen molar-refractivity contribution in [3.63, 3.8) is 0 Å². The molecule has 0 aliphatic heterocycles. The molecule has 0 aromatic carbocycles. The normalized spacial score (nSPS) is 11.6. The number of carbonyl (C=O) groups excluding carboxylic acids is 1. The molecule has 0 spiro atoms. The van der Waals surface area contributed by atoms with E-state index >= 15 is 0 Å². The SMILES string of the molecule is Cc1oc(C)c(S(C)(=O)=O)c1C(=O)N(C)C. The number of furan rings is 1. The van der Waals surface area contributed by atoms with Crippen LogP contribution in [0.1, 0.15) is 21.9 Å². The Morgan fingerprint density at radius 1 is 1.19 bits per heavy atom. The van der Waals surface area contributed by atoms with Gasteiger partial charge in [-0.3, -0.25) is 4.79 Å². The van der Waals surface area contributed by atoms with Crippen LogP contribution in [0.5, 0.6) is 0 Å². The maximum atomic E-state index is 11.8. The lowest BCUT2D eigenvalue weighted by Crippen LogP contribution is -2.23. The Hall–Kier alpha value is -1.30. The Morgan fingerprint density at radius 3 is 2.06 bits per heavy atom. The first-order valence-electron chi connectivity index (χ1n) is 4.68. The second kappa shape index (κ2) is 3.93. The van der Waals surface area contributed by atoms with Gasteiger partial charge in [0.05, 0.1) is 5.56 Å². The third-order valence-electron chi connectivity index (χ3n) is 2.20. The molecule has 0 unspecified atom stereocenters. The quantitative estimate of drug-likeness (QED) is 0.779. The van der Waals surface area contributed by atoms with Gasteiger partial charge in [0.2, 0.25) is 0 Å². The van der Waals surface area contributed by atoms with Crippen LogP contribution < -0.4 is 0 Å². The fourth-order valence-electron chi connectivity index (χ4n) is 1.58. The van der Waals surface area contributed by atoms with Crippen molar-refractivity contribution < 1.29 is 17.6 Å². The number of aryl methyl sites for hydroxylation is 2. The first-order chi connectivity index (χ1) is 7.16. The van der Waals surface area contributed by atoms with E-state index < -0.39 is 9.84 Å². The first kappa shape index (κ1) is 12.8. The molecule has 0 radical (unpaired) electrons. The molecule has 0 aliphatic carbocycles. The van der Waals surface area contributed by atoms with Gasteiger partial charge in [-0.15, -0.1) is 0 Å². The molecule has 5 nitrogen and oxygen atoms in total. The van der Waals surface area contributed by atoms with Gasteiger partial charge in [0.1, 0.15) is 16.4 Å². The van der Waals surface area contributed by atoms with Gasteiger partial charge in [-0.25, -0.2) is 8.42 Å². The first-order valence-corrected chi connectivity index (χ1v) is 6.57. The van der Waals surface area contributed by atoms with E-state index in [0.717, 1.165) is 6.26 Å². The molecule has 0 aliphatic rings. The second-order valence-corrected chi connectivity index (χ2v) is 5.84. The van der Waals surface area contributed by atoms with E-state index in [-0.39, 0.29) is 22.1 Å². The summed E-state index contributed by atoms with van der Waals surface area (Å²) >= 11 is 0. The average Bonchev–Trinajstić information content (AvgIpc) is 2.38. The number of rotatable bonds is 2. The monoisotopic (exact) mass is 245 g/mol. The van der Waals surface area contributed by atoms with Gasteiger partial charge in [-0.2, -0.15) is 0 Å². The van der Waals surface area contributed by atoms with Crippen molar-refractivity contribution in [1.29, 1.82) is 0 Å². The lowest BCUT2D eigenvalue weighted by Gasteiger charge is -2.10. The number of carbonyl (C=O) groups is 1. The summed E-state index contributed by atoms with van der Waals surface area (Å²) in [6.45, 7) is 3.12. The Labute approximate surface area is 95.0 Å². The zero-order valence-electron chi connectivity index (χ0n) is 9.99. The highest BCUT2D eigenvalue weighted by atomic mass is 32.2. The van der Waals surface area contributed by atoms with Crippen molar-refractivity contribution in [3.8, 4) is 0 Å². The molecule has 1 aromatic rings. The van der Waals surface area contributed by atoms with Gasteiger partial charge in [-0.1, -0.05) is 0 Å². The molecule has 1 heterocycles. The molecule has 16 heavy (non-hydrogen) atoms. The summed E-state index contributed by atoms with van der Waals surface area (Å²) < 4.78 is 28.4. The van der Waals surface area contributed by atoms with Crippen LogP contribution in [0.25, 0.3) is 0 Å². The fourth-order valence-corrected chi connectivity index (χ4v) is 2.75. The van der Waals surface area contributed by atoms with Crippen molar-refractivity contribution in [2.24, 2.45) is 0 Å². The van der Waals surface area contributed by atoms with Crippen LogP contribution in [-0.4, -0.2) is 39.6 Å². The lowest BCUT2D eigenvalue weighted by molar-refractivity contribution is 0.0822. The molecule has 0 N–H and O–H groups in total. The van der Waals surface area contributed by atoms with E-state index in [4.69, 9.17) is 4.42 Å². The summed E-state index contributed by atoms with van der Waals surface area (Å²) in [6, 6.07) is 0. The minimum atomic E-state index is -3.46. The Bertz CT molecular complexity index is 525. The smallest absolute Gasteiger partial charge is 0.258 e. The van der Waals surface area contributed by atoms with Crippen molar-refractivity contribution in [3.05, 3.63) is 17.1 Å². The molecule has 0 saturated carbocycles. The summed E-state index contributed by atoms with van der Waals surface area (Å²) in [5, 5.41) is 0. The van der Waals surface area contributed by atoms with Crippen LogP contribution in [0.15, 0.2) is 9.31 Å². The maximum absolute atomic E-state index is 11.8. The van der Waals surface area contributed by atoms with Gasteiger partial charge in [0.25, 0.3) is 5.91 Å². The molecular weight excluding hydrogens is 230 g/mol. The molecule has 90 valence electrons. The van der Waals surface area contributed by atoms with Crippen LogP contribution in [0.2, 0.25) is 0 Å². The minimum absolute atomic E-state index is 0.0105. The number of hydrogen-bond donors (Lipinski definition) is 0. The standard InChI is InChI=1S/C10H15NO4S/c1-6-8(10(12)11(3)4)9(7(2)15-6)16(5,13)14/h1-5H3. The zero-order valence-corrected chi connectivity index (χ0v) is 10.8. The zero-order chi connectivity index (χ0) is 12.7. The molecular formula is C10H15NO4S. The topological polar surface area (TPSA) is 67.6 Å². The number of sulfone groups is 1. The third kappa shape index (κ3) is 2.11. The second-order valence-electron chi connectivity index (χ2n) is 3.89. The number of nitrogens with zero attached hydrogens (tertiary/aromatic N) is 1. The average molecular weight is 245 g/mol. The van der Waals surface area contributed by atoms with Gasteiger partial charge in [-0.05, 0) is 13.8 Å². The molecule has 1 aromatic heterocycles. The molecule has 0 fully saturated rings. The largest absolute Gasteiger partial charge is 0.464 e. The van der Waals surface area contributed by atoms with E-state index in [2.05, 4.69) is 0 Å². The van der Waals surface area contributed by atoms with E-state index in [9.17, 15) is 13.2 Å². The highest BCUT2D eigenvalue weighted by Crippen LogP contribution is 2.27. The third-order valence-corrected chi connectivity index (χ3v) is 3.43. The van der Waals surface area contributed by atoms with Crippen LogP contribution in [0.3, 0.4) is 0 Å². The van der Waals surface area contributed by atoms with Crippen molar-refractivity contribution in [2.75, 3.05) is 20.4 Å². The summed E-state index contributed by atoms with van der Waals surface area (Å²) in [6.07, 6.45) is 1.07. The predicted octanol–water partition coefficient (Wildman–Crippen LogP) is 1.00. The molecule has 1 amide bonds.